The van der Waals surface area contributed by atoms with Crippen LogP contribution in [0.2, 0.25) is 0 Å². The van der Waals surface area contributed by atoms with Crippen molar-refractivity contribution in [1.29, 1.82) is 0 Å². The molecule has 0 atom stereocenters. The minimum atomic E-state index is 0.105. The van der Waals surface area contributed by atoms with Crippen LogP contribution in [0.15, 0.2) is 59.0 Å². The highest BCUT2D eigenvalue weighted by Gasteiger charge is 2.17. The number of aryl methyl sites for hydroxylation is 1. The van der Waals surface area contributed by atoms with E-state index in [1.165, 1.54) is 0 Å². The number of carbonyl (C=O) groups excluding carboxylic acids is 1. The third-order valence-corrected chi connectivity index (χ3v) is 3.26. The summed E-state index contributed by atoms with van der Waals surface area (Å²) < 4.78 is 5.64. The van der Waals surface area contributed by atoms with E-state index in [4.69, 9.17) is 4.42 Å². The summed E-state index contributed by atoms with van der Waals surface area (Å²) in [5.74, 6) is 0.802. The number of Topliss-reactive ketones (excluding diaryl/α,β-unsaturated/α-hetero) is 1. The number of para-hydroxylation sites is 1. The maximum absolute atomic E-state index is 12.5. The fourth-order valence-corrected chi connectivity index (χ4v) is 2.38. The molecule has 0 spiro atoms. The summed E-state index contributed by atoms with van der Waals surface area (Å²) in [7, 11) is 0. The van der Waals surface area contributed by atoms with E-state index in [0.717, 1.165) is 16.5 Å². The Balaban J connectivity index is 2.00. The molecule has 0 saturated carbocycles. The Morgan fingerprint density at radius 1 is 1.00 bits per heavy atom. The monoisotopic (exact) mass is 250 g/mol. The summed E-state index contributed by atoms with van der Waals surface area (Å²) in [4.78, 5) is 12.5. The number of hydrogen-bond acceptors (Lipinski definition) is 2. The lowest BCUT2D eigenvalue weighted by Gasteiger charge is -2.00. The highest BCUT2D eigenvalue weighted by Crippen LogP contribution is 2.26. The molecule has 3 aromatic rings. The Labute approximate surface area is 111 Å². The number of benzene rings is 2. The highest BCUT2D eigenvalue weighted by molar-refractivity contribution is 6.09. The molecule has 0 aliphatic carbocycles. The summed E-state index contributed by atoms with van der Waals surface area (Å²) in [6, 6.07) is 17.4. The molecule has 19 heavy (non-hydrogen) atoms. The first-order chi connectivity index (χ1) is 9.25. The predicted octanol–water partition coefficient (Wildman–Crippen LogP) is 4.17. The third-order valence-electron chi connectivity index (χ3n) is 3.26. The lowest BCUT2D eigenvalue weighted by atomic mass is 10.0. The Hall–Kier alpha value is -2.35. The van der Waals surface area contributed by atoms with Gasteiger partial charge in [-0.2, -0.15) is 0 Å². The van der Waals surface area contributed by atoms with Crippen LogP contribution in [0.5, 0.6) is 0 Å². The van der Waals surface area contributed by atoms with Gasteiger partial charge in [-0.25, -0.2) is 0 Å². The summed E-state index contributed by atoms with van der Waals surface area (Å²) in [6.45, 7) is 1.85. The van der Waals surface area contributed by atoms with Crippen LogP contribution < -0.4 is 0 Å². The van der Waals surface area contributed by atoms with E-state index in [1.54, 1.807) is 0 Å². The van der Waals surface area contributed by atoms with E-state index in [9.17, 15) is 4.79 Å². The largest absolute Gasteiger partial charge is 0.461 e. The summed E-state index contributed by atoms with van der Waals surface area (Å²) in [6.07, 6.45) is 0.408. The Morgan fingerprint density at radius 3 is 2.47 bits per heavy atom. The summed E-state index contributed by atoms with van der Waals surface area (Å²) in [5, 5.41) is 0.904. The minimum Gasteiger partial charge on any atom is -0.461 e. The molecule has 94 valence electrons. The van der Waals surface area contributed by atoms with Crippen LogP contribution in [0.25, 0.3) is 11.0 Å². The molecule has 0 aliphatic rings. The van der Waals surface area contributed by atoms with Gasteiger partial charge in [-0.3, -0.25) is 4.79 Å². The van der Waals surface area contributed by atoms with Gasteiger partial charge in [0.2, 0.25) is 0 Å². The van der Waals surface area contributed by atoms with Crippen molar-refractivity contribution < 1.29 is 9.21 Å². The number of carbonyl (C=O) groups is 1. The minimum absolute atomic E-state index is 0.105. The molecule has 0 N–H and O–H groups in total. The molecular weight excluding hydrogens is 236 g/mol. The molecule has 2 heteroatoms. The van der Waals surface area contributed by atoms with Crippen molar-refractivity contribution in [3.05, 3.63) is 71.5 Å². The molecule has 1 heterocycles. The second-order valence-electron chi connectivity index (χ2n) is 4.61. The van der Waals surface area contributed by atoms with E-state index >= 15 is 0 Å². The molecule has 0 amide bonds. The fourth-order valence-electron chi connectivity index (χ4n) is 2.38. The molecule has 2 nitrogen and oxygen atoms in total. The number of fused-ring (bicyclic) bond motifs is 1. The van der Waals surface area contributed by atoms with Gasteiger partial charge in [0.1, 0.15) is 11.3 Å². The SMILES string of the molecule is Cc1oc2ccccc2c1C(=O)Cc1ccccc1. The van der Waals surface area contributed by atoms with Crippen molar-refractivity contribution >= 4 is 16.8 Å². The van der Waals surface area contributed by atoms with Gasteiger partial charge in [-0.05, 0) is 18.6 Å². The Kier molecular flexibility index (Phi) is 2.92. The van der Waals surface area contributed by atoms with Gasteiger partial charge < -0.3 is 4.42 Å². The quantitative estimate of drug-likeness (QED) is 0.653. The van der Waals surface area contributed by atoms with Crippen LogP contribution >= 0.6 is 0 Å². The molecule has 2 aromatic carbocycles. The zero-order valence-corrected chi connectivity index (χ0v) is 10.7. The van der Waals surface area contributed by atoms with Crippen molar-refractivity contribution in [2.24, 2.45) is 0 Å². The van der Waals surface area contributed by atoms with Crippen molar-refractivity contribution in [2.75, 3.05) is 0 Å². The van der Waals surface area contributed by atoms with E-state index in [1.807, 2.05) is 61.5 Å². The van der Waals surface area contributed by atoms with Crippen LogP contribution in [-0.2, 0) is 6.42 Å². The smallest absolute Gasteiger partial charge is 0.171 e. The molecular formula is C17H14O2. The van der Waals surface area contributed by atoms with Gasteiger partial charge in [0.05, 0.1) is 5.56 Å². The molecule has 0 fully saturated rings. The van der Waals surface area contributed by atoms with Crippen LogP contribution in [0.4, 0.5) is 0 Å². The van der Waals surface area contributed by atoms with E-state index in [-0.39, 0.29) is 5.78 Å². The summed E-state index contributed by atoms with van der Waals surface area (Å²) >= 11 is 0. The predicted molar refractivity (Wildman–Crippen MR) is 75.4 cm³/mol. The molecule has 0 saturated heterocycles. The number of furan rings is 1. The molecule has 0 bridgehead atoms. The van der Waals surface area contributed by atoms with Crippen molar-refractivity contribution in [2.45, 2.75) is 13.3 Å². The van der Waals surface area contributed by atoms with Crippen LogP contribution in [0.3, 0.4) is 0 Å². The van der Waals surface area contributed by atoms with E-state index in [0.29, 0.717) is 17.7 Å². The average Bonchev–Trinajstić information content (AvgIpc) is 2.75. The normalized spacial score (nSPS) is 10.8. The van der Waals surface area contributed by atoms with Crippen LogP contribution in [-0.4, -0.2) is 5.78 Å². The number of hydrogen-bond donors (Lipinski definition) is 0. The zero-order chi connectivity index (χ0) is 13.2. The van der Waals surface area contributed by atoms with Gasteiger partial charge in [-0.15, -0.1) is 0 Å². The van der Waals surface area contributed by atoms with Gasteiger partial charge >= 0.3 is 0 Å². The van der Waals surface area contributed by atoms with Crippen LogP contribution in [0, 0.1) is 6.92 Å². The van der Waals surface area contributed by atoms with E-state index in [2.05, 4.69) is 0 Å². The standard InChI is InChI=1S/C17H14O2/c1-12-17(14-9-5-6-10-16(14)19-12)15(18)11-13-7-3-2-4-8-13/h2-10H,11H2,1H3. The number of ketones is 1. The first-order valence-corrected chi connectivity index (χ1v) is 6.31. The first kappa shape index (κ1) is 11.7. The number of rotatable bonds is 3. The van der Waals surface area contributed by atoms with Gasteiger partial charge in [-0.1, -0.05) is 48.5 Å². The lowest BCUT2D eigenvalue weighted by Crippen LogP contribution is -2.04. The average molecular weight is 250 g/mol. The van der Waals surface area contributed by atoms with Gasteiger partial charge in [0.25, 0.3) is 0 Å². The first-order valence-electron chi connectivity index (χ1n) is 6.31. The highest BCUT2D eigenvalue weighted by atomic mass is 16.3. The molecule has 0 unspecified atom stereocenters. The zero-order valence-electron chi connectivity index (χ0n) is 10.7. The Morgan fingerprint density at radius 2 is 1.68 bits per heavy atom. The van der Waals surface area contributed by atoms with Crippen LogP contribution in [0.1, 0.15) is 21.7 Å². The van der Waals surface area contributed by atoms with Gasteiger partial charge in [0, 0.05) is 11.8 Å². The van der Waals surface area contributed by atoms with E-state index < -0.39 is 0 Å². The maximum Gasteiger partial charge on any atom is 0.171 e. The second kappa shape index (κ2) is 4.73. The molecule has 3 rings (SSSR count). The lowest BCUT2D eigenvalue weighted by molar-refractivity contribution is 0.0993. The Bertz CT molecular complexity index is 723. The van der Waals surface area contributed by atoms with Crippen molar-refractivity contribution in [3.8, 4) is 0 Å². The maximum atomic E-state index is 12.5. The van der Waals surface area contributed by atoms with Crippen molar-refractivity contribution in [3.63, 3.8) is 0 Å². The van der Waals surface area contributed by atoms with Crippen molar-refractivity contribution in [1.82, 2.24) is 0 Å². The summed E-state index contributed by atoms with van der Waals surface area (Å²) in [5.41, 5.74) is 2.51. The molecule has 0 radical (unpaired) electrons. The molecule has 0 aliphatic heterocycles. The van der Waals surface area contributed by atoms with Gasteiger partial charge in [0.15, 0.2) is 5.78 Å². The fraction of sp³-hybridized carbons (Fsp3) is 0.118. The topological polar surface area (TPSA) is 30.2 Å². The second-order valence-corrected chi connectivity index (χ2v) is 4.61. The molecule has 1 aromatic heterocycles. The third kappa shape index (κ3) is 2.17.